The molecule has 4 aromatic heterocycles. The molecule has 17 heavy (non-hydrogen) atoms. The predicted molar refractivity (Wildman–Crippen MR) is 68.0 cm³/mol. The van der Waals surface area contributed by atoms with E-state index in [1.807, 2.05) is 24.3 Å². The second-order valence-electron chi connectivity index (χ2n) is 3.68. The highest BCUT2D eigenvalue weighted by molar-refractivity contribution is 7.25. The van der Waals surface area contributed by atoms with Crippen LogP contribution in [0.3, 0.4) is 0 Å². The third kappa shape index (κ3) is 1.23. The smallest absolute Gasteiger partial charge is 0.179 e. The van der Waals surface area contributed by atoms with Crippen LogP contribution in [-0.2, 0) is 0 Å². The Morgan fingerprint density at radius 2 is 1.76 bits per heavy atom. The molecule has 0 saturated carbocycles. The van der Waals surface area contributed by atoms with E-state index in [1.54, 1.807) is 23.7 Å². The van der Waals surface area contributed by atoms with E-state index in [-0.39, 0.29) is 0 Å². The Balaban J connectivity index is 2.28. The molecule has 0 aliphatic rings. The summed E-state index contributed by atoms with van der Waals surface area (Å²) < 4.78 is 1.11. The summed E-state index contributed by atoms with van der Waals surface area (Å²) >= 11 is 1.60. The van der Waals surface area contributed by atoms with Crippen LogP contribution in [0.5, 0.6) is 0 Å². The Morgan fingerprint density at radius 1 is 0.882 bits per heavy atom. The zero-order valence-electron chi connectivity index (χ0n) is 8.66. The van der Waals surface area contributed by atoms with Crippen molar-refractivity contribution in [2.24, 2.45) is 0 Å². The highest BCUT2D eigenvalue weighted by atomic mass is 32.1. The Labute approximate surface area is 100.0 Å². The lowest BCUT2D eigenvalue weighted by Gasteiger charge is -1.94. The van der Waals surface area contributed by atoms with Gasteiger partial charge in [-0.15, -0.1) is 11.3 Å². The van der Waals surface area contributed by atoms with Crippen LogP contribution in [0.2, 0.25) is 0 Å². The van der Waals surface area contributed by atoms with E-state index in [4.69, 9.17) is 0 Å². The van der Waals surface area contributed by atoms with E-state index in [0.29, 0.717) is 5.65 Å². The maximum absolute atomic E-state index is 4.59. The quantitative estimate of drug-likeness (QED) is 0.472. The van der Waals surface area contributed by atoms with Crippen LogP contribution in [0.25, 0.3) is 31.7 Å². The zero-order valence-corrected chi connectivity index (χ0v) is 9.48. The average molecular weight is 238 g/mol. The lowest BCUT2D eigenvalue weighted by molar-refractivity contribution is 1.29. The molecule has 4 rings (SSSR count). The molecule has 0 fully saturated rings. The van der Waals surface area contributed by atoms with Gasteiger partial charge in [-0.25, -0.2) is 15.0 Å². The fourth-order valence-corrected chi connectivity index (χ4v) is 2.83. The van der Waals surface area contributed by atoms with E-state index >= 15 is 0 Å². The number of hydrogen-bond acceptors (Lipinski definition) is 5. The van der Waals surface area contributed by atoms with E-state index < -0.39 is 0 Å². The first kappa shape index (κ1) is 8.95. The number of pyridine rings is 2. The first-order valence-corrected chi connectivity index (χ1v) is 5.99. The van der Waals surface area contributed by atoms with Crippen LogP contribution in [0, 0.1) is 0 Å². The van der Waals surface area contributed by atoms with Gasteiger partial charge in [0, 0.05) is 12.4 Å². The monoisotopic (exact) mass is 238 g/mol. The van der Waals surface area contributed by atoms with Crippen molar-refractivity contribution in [1.82, 2.24) is 19.9 Å². The molecule has 0 radical (unpaired) electrons. The van der Waals surface area contributed by atoms with Gasteiger partial charge in [0.15, 0.2) is 5.65 Å². The molecule has 0 aromatic carbocycles. The first-order valence-electron chi connectivity index (χ1n) is 5.18. The molecule has 0 atom stereocenters. The fraction of sp³-hybridized carbons (Fsp3) is 0. The molecule has 80 valence electrons. The Morgan fingerprint density at radius 3 is 2.76 bits per heavy atom. The lowest BCUT2D eigenvalue weighted by Crippen LogP contribution is -1.86. The van der Waals surface area contributed by atoms with E-state index in [1.165, 1.54) is 0 Å². The number of thiophene rings is 1. The fourth-order valence-electron chi connectivity index (χ4n) is 1.86. The Bertz CT molecular complexity index is 847. The van der Waals surface area contributed by atoms with Gasteiger partial charge in [-0.05, 0) is 24.3 Å². The highest BCUT2D eigenvalue weighted by Crippen LogP contribution is 2.30. The molecule has 0 N–H and O–H groups in total. The summed E-state index contributed by atoms with van der Waals surface area (Å²) in [5.41, 5.74) is 3.29. The van der Waals surface area contributed by atoms with Gasteiger partial charge in [0.25, 0.3) is 0 Å². The van der Waals surface area contributed by atoms with Crippen molar-refractivity contribution in [2.45, 2.75) is 0 Å². The third-order valence-electron chi connectivity index (χ3n) is 2.61. The average Bonchev–Trinajstić information content (AvgIpc) is 2.73. The third-order valence-corrected chi connectivity index (χ3v) is 3.64. The van der Waals surface area contributed by atoms with Gasteiger partial charge in [0.2, 0.25) is 0 Å². The summed E-state index contributed by atoms with van der Waals surface area (Å²) in [6.07, 6.45) is 3.51. The van der Waals surface area contributed by atoms with Crippen molar-refractivity contribution in [3.8, 4) is 0 Å². The van der Waals surface area contributed by atoms with Crippen molar-refractivity contribution < 1.29 is 0 Å². The van der Waals surface area contributed by atoms with Crippen LogP contribution in [0.4, 0.5) is 0 Å². The van der Waals surface area contributed by atoms with Gasteiger partial charge in [-0.3, -0.25) is 4.98 Å². The number of nitrogens with zero attached hydrogens (tertiary/aromatic N) is 4. The molecule has 0 spiro atoms. The SMILES string of the molecule is c1cnc2nc3sc4cccnc4c3nc2c1. The first-order chi connectivity index (χ1) is 8.42. The molecule has 0 bridgehead atoms. The second kappa shape index (κ2) is 3.18. The van der Waals surface area contributed by atoms with E-state index in [2.05, 4.69) is 19.9 Å². The number of aromatic nitrogens is 4. The number of hydrogen-bond donors (Lipinski definition) is 0. The summed E-state index contributed by atoms with van der Waals surface area (Å²) in [5.74, 6) is 0. The zero-order chi connectivity index (χ0) is 11.2. The van der Waals surface area contributed by atoms with Crippen molar-refractivity contribution in [3.05, 3.63) is 36.7 Å². The topological polar surface area (TPSA) is 51.6 Å². The molecule has 0 aliphatic carbocycles. The molecule has 0 aliphatic heterocycles. The van der Waals surface area contributed by atoms with Crippen LogP contribution in [0.1, 0.15) is 0 Å². The van der Waals surface area contributed by atoms with Crippen LogP contribution >= 0.6 is 11.3 Å². The predicted octanol–water partition coefficient (Wildman–Crippen LogP) is 2.79. The minimum atomic E-state index is 0.687. The molecular formula is C12H6N4S. The van der Waals surface area contributed by atoms with Crippen LogP contribution < -0.4 is 0 Å². The van der Waals surface area contributed by atoms with Crippen molar-refractivity contribution >= 4 is 43.1 Å². The van der Waals surface area contributed by atoms with E-state index in [0.717, 1.165) is 26.1 Å². The highest BCUT2D eigenvalue weighted by Gasteiger charge is 2.09. The molecule has 5 heteroatoms. The molecule has 4 nitrogen and oxygen atoms in total. The van der Waals surface area contributed by atoms with Gasteiger partial charge in [-0.1, -0.05) is 0 Å². The molecule has 0 saturated heterocycles. The lowest BCUT2D eigenvalue weighted by atomic mass is 10.3. The largest absolute Gasteiger partial charge is 0.253 e. The van der Waals surface area contributed by atoms with E-state index in [9.17, 15) is 0 Å². The normalized spacial score (nSPS) is 11.5. The molecular weight excluding hydrogens is 232 g/mol. The van der Waals surface area contributed by atoms with Gasteiger partial charge >= 0.3 is 0 Å². The van der Waals surface area contributed by atoms with Crippen molar-refractivity contribution in [3.63, 3.8) is 0 Å². The van der Waals surface area contributed by atoms with Gasteiger partial charge < -0.3 is 0 Å². The molecule has 4 aromatic rings. The summed E-state index contributed by atoms with van der Waals surface area (Å²) in [4.78, 5) is 18.6. The summed E-state index contributed by atoms with van der Waals surface area (Å²) in [7, 11) is 0. The summed E-state index contributed by atoms with van der Waals surface area (Å²) in [5, 5.41) is 0. The van der Waals surface area contributed by atoms with Crippen molar-refractivity contribution in [2.75, 3.05) is 0 Å². The minimum Gasteiger partial charge on any atom is -0.253 e. The van der Waals surface area contributed by atoms with Crippen LogP contribution in [0.15, 0.2) is 36.7 Å². The minimum absolute atomic E-state index is 0.687. The second-order valence-corrected chi connectivity index (χ2v) is 4.71. The molecule has 0 unspecified atom stereocenters. The van der Waals surface area contributed by atoms with Crippen molar-refractivity contribution in [1.29, 1.82) is 0 Å². The summed E-state index contributed by atoms with van der Waals surface area (Å²) in [6, 6.07) is 7.75. The van der Waals surface area contributed by atoms with Crippen LogP contribution in [-0.4, -0.2) is 19.9 Å². The number of fused-ring (bicyclic) bond motifs is 4. The standard InChI is InChI=1S/C12H6N4S/c1-3-7-11(14-6-1)16-12-10(15-7)9-8(17-12)4-2-5-13-9/h1-6H. The Hall–Kier alpha value is -2.14. The van der Waals surface area contributed by atoms with Gasteiger partial charge in [0.05, 0.1) is 4.70 Å². The maximum Gasteiger partial charge on any atom is 0.179 e. The maximum atomic E-state index is 4.59. The van der Waals surface area contributed by atoms with Gasteiger partial charge in [0.1, 0.15) is 21.4 Å². The number of rotatable bonds is 0. The Kier molecular flexibility index (Phi) is 1.67. The summed E-state index contributed by atoms with van der Waals surface area (Å²) in [6.45, 7) is 0. The molecule has 0 amide bonds. The van der Waals surface area contributed by atoms with Gasteiger partial charge in [-0.2, -0.15) is 0 Å². The molecule has 4 heterocycles.